The fourth-order valence-electron chi connectivity index (χ4n) is 3.23. The zero-order valence-electron chi connectivity index (χ0n) is 18.5. The average molecular weight is 407 g/mol. The molecular formula is C20H46O4Si2. The van der Waals surface area contributed by atoms with Crippen LogP contribution in [0.2, 0.25) is 25.2 Å². The Kier molecular flexibility index (Phi) is 16.4. The van der Waals surface area contributed by atoms with Crippen molar-refractivity contribution in [3.05, 3.63) is 0 Å². The van der Waals surface area contributed by atoms with Gasteiger partial charge in [0.25, 0.3) is 0 Å². The van der Waals surface area contributed by atoms with Gasteiger partial charge in [-0.05, 0) is 25.2 Å². The fourth-order valence-corrected chi connectivity index (χ4v) is 6.17. The Morgan fingerprint density at radius 3 is 0.769 bits per heavy atom. The summed E-state index contributed by atoms with van der Waals surface area (Å²) in [7, 11) is 3.49. The van der Waals surface area contributed by atoms with Crippen molar-refractivity contribution >= 4 is 17.1 Å². The van der Waals surface area contributed by atoms with E-state index in [1.165, 1.54) is 77.0 Å². The van der Waals surface area contributed by atoms with E-state index < -0.39 is 17.1 Å². The summed E-state index contributed by atoms with van der Waals surface area (Å²) >= 11 is 0. The minimum Gasteiger partial charge on any atom is -0.398 e. The fraction of sp³-hybridized carbons (Fsp3) is 1.00. The van der Waals surface area contributed by atoms with Crippen LogP contribution in [0, 0.1) is 0 Å². The van der Waals surface area contributed by atoms with E-state index in [1.807, 2.05) is 0 Å². The average Bonchev–Trinajstić information content (AvgIpc) is 2.67. The molecule has 0 atom stereocenters. The number of hydrogen-bond donors (Lipinski definition) is 0. The van der Waals surface area contributed by atoms with Crippen molar-refractivity contribution in [2.24, 2.45) is 0 Å². The molecule has 0 heterocycles. The third kappa shape index (κ3) is 13.4. The van der Waals surface area contributed by atoms with Gasteiger partial charge in [0.1, 0.15) is 0 Å². The summed E-state index contributed by atoms with van der Waals surface area (Å²) in [5.41, 5.74) is 0. The van der Waals surface area contributed by atoms with Crippen molar-refractivity contribution in [3.8, 4) is 0 Å². The van der Waals surface area contributed by atoms with Gasteiger partial charge in [0.15, 0.2) is 0 Å². The first-order valence-electron chi connectivity index (χ1n) is 10.7. The van der Waals surface area contributed by atoms with Crippen molar-refractivity contribution in [1.82, 2.24) is 0 Å². The van der Waals surface area contributed by atoms with Crippen LogP contribution in [-0.2, 0) is 17.7 Å². The van der Waals surface area contributed by atoms with Crippen molar-refractivity contribution in [2.45, 2.75) is 102 Å². The van der Waals surface area contributed by atoms with Crippen LogP contribution in [-0.4, -0.2) is 45.6 Å². The molecule has 0 aromatic carbocycles. The van der Waals surface area contributed by atoms with E-state index in [9.17, 15) is 0 Å². The van der Waals surface area contributed by atoms with E-state index in [2.05, 4.69) is 13.1 Å². The molecule has 0 aliphatic carbocycles. The second-order valence-corrected chi connectivity index (χ2v) is 15.0. The lowest BCUT2D eigenvalue weighted by molar-refractivity contribution is 0.247. The van der Waals surface area contributed by atoms with E-state index >= 15 is 0 Å². The number of rotatable bonds is 19. The molecule has 0 bridgehead atoms. The molecule has 0 aliphatic heterocycles. The first kappa shape index (κ1) is 26.3. The first-order chi connectivity index (χ1) is 12.4. The van der Waals surface area contributed by atoms with Gasteiger partial charge in [-0.15, -0.1) is 0 Å². The third-order valence-electron chi connectivity index (χ3n) is 5.74. The van der Waals surface area contributed by atoms with Crippen LogP contribution in [0.25, 0.3) is 0 Å². The molecule has 0 amide bonds. The van der Waals surface area contributed by atoms with Crippen molar-refractivity contribution in [3.63, 3.8) is 0 Å². The summed E-state index contributed by atoms with van der Waals surface area (Å²) in [6, 6.07) is 2.24. The van der Waals surface area contributed by atoms with Crippen LogP contribution in [0.15, 0.2) is 0 Å². The van der Waals surface area contributed by atoms with Gasteiger partial charge in [-0.2, -0.15) is 0 Å². The number of hydrogen-bond acceptors (Lipinski definition) is 4. The Bertz CT molecular complexity index is 278. The zero-order chi connectivity index (χ0) is 19.7. The molecule has 0 unspecified atom stereocenters. The van der Waals surface area contributed by atoms with Gasteiger partial charge < -0.3 is 17.7 Å². The lowest BCUT2D eigenvalue weighted by atomic mass is 10.1. The van der Waals surface area contributed by atoms with E-state index in [0.29, 0.717) is 0 Å². The molecule has 0 saturated heterocycles. The SMILES string of the molecule is CO[Si](C)(CCCCCCCCCCCCCC[Si](C)(OC)OC)OC. The maximum Gasteiger partial charge on any atom is 0.334 e. The van der Waals surface area contributed by atoms with Gasteiger partial charge in [0, 0.05) is 28.4 Å². The number of unbranched alkanes of at least 4 members (excludes halogenated alkanes) is 11. The summed E-state index contributed by atoms with van der Waals surface area (Å²) < 4.78 is 22.1. The van der Waals surface area contributed by atoms with Crippen LogP contribution >= 0.6 is 0 Å². The van der Waals surface area contributed by atoms with Crippen LogP contribution in [0.5, 0.6) is 0 Å². The van der Waals surface area contributed by atoms with E-state index in [4.69, 9.17) is 17.7 Å². The zero-order valence-corrected chi connectivity index (χ0v) is 20.5. The van der Waals surface area contributed by atoms with E-state index in [-0.39, 0.29) is 0 Å². The molecule has 0 radical (unpaired) electrons. The molecular weight excluding hydrogens is 360 g/mol. The van der Waals surface area contributed by atoms with Gasteiger partial charge in [-0.25, -0.2) is 0 Å². The Labute approximate surface area is 165 Å². The minimum absolute atomic E-state index is 1.12. The Morgan fingerprint density at radius 1 is 0.385 bits per heavy atom. The van der Waals surface area contributed by atoms with E-state index in [1.54, 1.807) is 28.4 Å². The largest absolute Gasteiger partial charge is 0.398 e. The highest BCUT2D eigenvalue weighted by atomic mass is 28.4. The molecule has 0 aliphatic rings. The Morgan fingerprint density at radius 2 is 0.577 bits per heavy atom. The molecule has 0 N–H and O–H groups in total. The lowest BCUT2D eigenvalue weighted by Crippen LogP contribution is -2.35. The van der Waals surface area contributed by atoms with Crippen LogP contribution in [0.1, 0.15) is 77.0 Å². The van der Waals surface area contributed by atoms with Crippen LogP contribution in [0.4, 0.5) is 0 Å². The highest BCUT2D eigenvalue weighted by molar-refractivity contribution is 6.66. The molecule has 158 valence electrons. The Hall–Kier alpha value is 0.274. The van der Waals surface area contributed by atoms with Gasteiger partial charge in [-0.3, -0.25) is 0 Å². The van der Waals surface area contributed by atoms with Gasteiger partial charge >= 0.3 is 17.1 Å². The third-order valence-corrected chi connectivity index (χ3v) is 11.7. The second-order valence-electron chi connectivity index (χ2n) is 7.83. The summed E-state index contributed by atoms with van der Waals surface area (Å²) in [6.45, 7) is 4.31. The summed E-state index contributed by atoms with van der Waals surface area (Å²) in [4.78, 5) is 0. The highest BCUT2D eigenvalue weighted by Gasteiger charge is 2.28. The predicted octanol–water partition coefficient (Wildman–Crippen LogP) is 6.40. The Balaban J connectivity index is 3.30. The normalized spacial score (nSPS) is 12.7. The first-order valence-corrected chi connectivity index (χ1v) is 15.7. The lowest BCUT2D eigenvalue weighted by Gasteiger charge is -2.22. The molecule has 0 rings (SSSR count). The maximum atomic E-state index is 5.53. The topological polar surface area (TPSA) is 36.9 Å². The van der Waals surface area contributed by atoms with Crippen molar-refractivity contribution in [2.75, 3.05) is 28.4 Å². The van der Waals surface area contributed by atoms with E-state index in [0.717, 1.165) is 12.1 Å². The summed E-state index contributed by atoms with van der Waals surface area (Å²) in [6.07, 6.45) is 16.2. The smallest absolute Gasteiger partial charge is 0.334 e. The molecule has 6 heteroatoms. The second kappa shape index (κ2) is 16.2. The van der Waals surface area contributed by atoms with Crippen molar-refractivity contribution < 1.29 is 17.7 Å². The standard InChI is InChI=1S/C20H46O4Si2/c1-21-25(5,22-2)19-17-15-13-11-9-7-8-10-12-14-16-18-20-26(6,23-3)24-4/h7-20H2,1-6H3. The molecule has 4 nitrogen and oxygen atoms in total. The minimum atomic E-state index is -1.82. The molecule has 0 aromatic rings. The highest BCUT2D eigenvalue weighted by Crippen LogP contribution is 2.19. The van der Waals surface area contributed by atoms with Crippen LogP contribution in [0.3, 0.4) is 0 Å². The van der Waals surface area contributed by atoms with Crippen LogP contribution < -0.4 is 0 Å². The van der Waals surface area contributed by atoms with Crippen molar-refractivity contribution in [1.29, 1.82) is 0 Å². The van der Waals surface area contributed by atoms with Gasteiger partial charge in [-0.1, -0.05) is 77.0 Å². The maximum absolute atomic E-state index is 5.53. The quantitative estimate of drug-likeness (QED) is 0.184. The monoisotopic (exact) mass is 406 g/mol. The molecule has 0 fully saturated rings. The summed E-state index contributed by atoms with van der Waals surface area (Å²) in [5.74, 6) is 0. The molecule has 26 heavy (non-hydrogen) atoms. The predicted molar refractivity (Wildman–Crippen MR) is 116 cm³/mol. The molecule has 0 spiro atoms. The summed E-state index contributed by atoms with van der Waals surface area (Å²) in [5, 5.41) is 0. The van der Waals surface area contributed by atoms with Gasteiger partial charge in [0.2, 0.25) is 0 Å². The molecule has 0 aromatic heterocycles. The van der Waals surface area contributed by atoms with Gasteiger partial charge in [0.05, 0.1) is 0 Å². The molecule has 0 saturated carbocycles.